The Morgan fingerprint density at radius 2 is 1.71 bits per heavy atom. The summed E-state index contributed by atoms with van der Waals surface area (Å²) in [5, 5.41) is 9.14. The molecular formula is C13H26B2O2. The van der Waals surface area contributed by atoms with Gasteiger partial charge in [-0.3, -0.25) is 4.79 Å². The zero-order valence-electron chi connectivity index (χ0n) is 11.7. The standard InChI is InChI=1S/C13H26B2O2/c1-4-6-8-10-13(3,9-7-5-2)12(16)11-15(14)17/h17H,4-11H2,1-3H3. The molecule has 4 heteroatoms. The molecule has 0 aromatic carbocycles. The van der Waals surface area contributed by atoms with Gasteiger partial charge in [0.05, 0.1) is 7.74 Å². The Morgan fingerprint density at radius 3 is 2.18 bits per heavy atom. The Labute approximate surface area is 108 Å². The van der Waals surface area contributed by atoms with Crippen LogP contribution in [0.25, 0.3) is 0 Å². The third-order valence-corrected chi connectivity index (χ3v) is 3.48. The van der Waals surface area contributed by atoms with Gasteiger partial charge in [0.1, 0.15) is 5.78 Å². The van der Waals surface area contributed by atoms with Crippen LogP contribution in [-0.2, 0) is 4.79 Å². The summed E-state index contributed by atoms with van der Waals surface area (Å²) in [6.45, 7) is 5.32. The first-order valence-corrected chi connectivity index (χ1v) is 6.93. The van der Waals surface area contributed by atoms with E-state index in [4.69, 9.17) is 12.8 Å². The molecular weight excluding hydrogens is 210 g/mol. The summed E-state index contributed by atoms with van der Waals surface area (Å²) >= 11 is 0. The topological polar surface area (TPSA) is 37.3 Å². The van der Waals surface area contributed by atoms with Gasteiger partial charge in [-0.25, -0.2) is 0 Å². The molecule has 0 aliphatic heterocycles. The Hall–Kier alpha value is -0.240. The fourth-order valence-electron chi connectivity index (χ4n) is 2.17. The van der Waals surface area contributed by atoms with Crippen LogP contribution < -0.4 is 0 Å². The largest absolute Gasteiger partial charge is 0.459 e. The first-order chi connectivity index (χ1) is 7.96. The number of rotatable bonds is 10. The lowest BCUT2D eigenvalue weighted by molar-refractivity contribution is -0.126. The highest BCUT2D eigenvalue weighted by molar-refractivity contribution is 6.99. The number of carbonyl (C=O) groups excluding carboxylic acids is 1. The van der Waals surface area contributed by atoms with Crippen molar-refractivity contribution in [1.29, 1.82) is 0 Å². The molecule has 2 radical (unpaired) electrons. The minimum atomic E-state index is -1.00. The summed E-state index contributed by atoms with van der Waals surface area (Å²) in [6, 6.07) is 0. The zero-order valence-corrected chi connectivity index (χ0v) is 11.7. The number of unbranched alkanes of at least 4 members (excludes halogenated alkanes) is 3. The molecule has 0 bridgehead atoms. The van der Waals surface area contributed by atoms with E-state index >= 15 is 0 Å². The summed E-state index contributed by atoms with van der Waals surface area (Å²) in [4.78, 5) is 12.1. The van der Waals surface area contributed by atoms with E-state index in [0.717, 1.165) is 38.5 Å². The second kappa shape index (κ2) is 8.79. The van der Waals surface area contributed by atoms with Crippen molar-refractivity contribution < 1.29 is 9.82 Å². The van der Waals surface area contributed by atoms with Gasteiger partial charge in [0, 0.05) is 11.7 Å². The van der Waals surface area contributed by atoms with Gasteiger partial charge in [-0.15, -0.1) is 0 Å². The molecule has 96 valence electrons. The monoisotopic (exact) mass is 236 g/mol. The predicted octanol–water partition coefficient (Wildman–Crippen LogP) is 2.98. The molecule has 1 atom stereocenters. The van der Waals surface area contributed by atoms with E-state index in [1.807, 2.05) is 6.92 Å². The minimum Gasteiger partial charge on any atom is -0.459 e. The van der Waals surface area contributed by atoms with Gasteiger partial charge in [0.2, 0.25) is 6.81 Å². The number of hydrogen-bond donors (Lipinski definition) is 1. The Balaban J connectivity index is 4.40. The van der Waals surface area contributed by atoms with Crippen LogP contribution in [0.15, 0.2) is 0 Å². The van der Waals surface area contributed by atoms with Gasteiger partial charge in [0.25, 0.3) is 0 Å². The normalized spacial score (nSPS) is 14.4. The molecule has 0 aromatic rings. The van der Waals surface area contributed by atoms with Crippen molar-refractivity contribution >= 4 is 20.3 Å². The van der Waals surface area contributed by atoms with Crippen molar-refractivity contribution in [1.82, 2.24) is 0 Å². The van der Waals surface area contributed by atoms with E-state index in [0.29, 0.717) is 0 Å². The number of hydrogen-bond acceptors (Lipinski definition) is 2. The number of carbonyl (C=O) groups is 1. The molecule has 0 amide bonds. The summed E-state index contributed by atoms with van der Waals surface area (Å²) in [6.07, 6.45) is 7.51. The van der Waals surface area contributed by atoms with Gasteiger partial charge >= 0.3 is 0 Å². The predicted molar refractivity (Wildman–Crippen MR) is 75.3 cm³/mol. The molecule has 0 heterocycles. The smallest absolute Gasteiger partial charge is 0.239 e. The maximum atomic E-state index is 12.1. The summed E-state index contributed by atoms with van der Waals surface area (Å²) in [5.74, 6) is 0.122. The van der Waals surface area contributed by atoms with E-state index in [1.165, 1.54) is 6.42 Å². The van der Waals surface area contributed by atoms with Crippen LogP contribution in [0.3, 0.4) is 0 Å². The van der Waals surface area contributed by atoms with Crippen molar-refractivity contribution in [2.45, 2.75) is 72.0 Å². The lowest BCUT2D eigenvalue weighted by Crippen LogP contribution is -2.32. The number of ketones is 1. The molecule has 0 saturated heterocycles. The van der Waals surface area contributed by atoms with Gasteiger partial charge in [-0.1, -0.05) is 52.9 Å². The zero-order chi connectivity index (χ0) is 13.3. The number of Topliss-reactive ketones (excluding diaryl/α,β-unsaturated/α-hetero) is 1. The van der Waals surface area contributed by atoms with Crippen molar-refractivity contribution in [2.24, 2.45) is 5.41 Å². The molecule has 1 N–H and O–H groups in total. The van der Waals surface area contributed by atoms with Crippen LogP contribution in [0.1, 0.15) is 65.7 Å². The third-order valence-electron chi connectivity index (χ3n) is 3.48. The molecule has 0 saturated carbocycles. The van der Waals surface area contributed by atoms with Crippen LogP contribution in [0.4, 0.5) is 0 Å². The quantitative estimate of drug-likeness (QED) is 0.467. The van der Waals surface area contributed by atoms with Crippen molar-refractivity contribution in [3.8, 4) is 0 Å². The summed E-state index contributed by atoms with van der Waals surface area (Å²) in [7, 11) is 5.31. The second-order valence-electron chi connectivity index (χ2n) is 5.32. The van der Waals surface area contributed by atoms with E-state index < -0.39 is 6.81 Å². The third kappa shape index (κ3) is 6.92. The van der Waals surface area contributed by atoms with E-state index in [9.17, 15) is 4.79 Å². The van der Waals surface area contributed by atoms with Gasteiger partial charge in [-0.2, -0.15) is 0 Å². The maximum absolute atomic E-state index is 12.1. The fourth-order valence-corrected chi connectivity index (χ4v) is 2.17. The molecule has 0 aliphatic carbocycles. The fraction of sp³-hybridized carbons (Fsp3) is 0.923. The first kappa shape index (κ1) is 16.8. The summed E-state index contributed by atoms with van der Waals surface area (Å²) in [5.41, 5.74) is -0.286. The average Bonchev–Trinajstić information content (AvgIpc) is 2.26. The lowest BCUT2D eigenvalue weighted by Gasteiger charge is -2.28. The maximum Gasteiger partial charge on any atom is 0.239 e. The molecule has 0 spiro atoms. The first-order valence-electron chi connectivity index (χ1n) is 6.93. The van der Waals surface area contributed by atoms with Crippen molar-refractivity contribution in [3.63, 3.8) is 0 Å². The van der Waals surface area contributed by atoms with E-state index in [-0.39, 0.29) is 17.5 Å². The highest BCUT2D eigenvalue weighted by Gasteiger charge is 2.32. The van der Waals surface area contributed by atoms with Gasteiger partial charge in [-0.05, 0) is 12.8 Å². The van der Waals surface area contributed by atoms with Crippen LogP contribution in [0.2, 0.25) is 6.32 Å². The van der Waals surface area contributed by atoms with Gasteiger partial charge in [0.15, 0.2) is 0 Å². The Morgan fingerprint density at radius 1 is 1.18 bits per heavy atom. The average molecular weight is 236 g/mol. The molecule has 1 unspecified atom stereocenters. The second-order valence-corrected chi connectivity index (χ2v) is 5.32. The van der Waals surface area contributed by atoms with E-state index in [1.54, 1.807) is 0 Å². The lowest BCUT2D eigenvalue weighted by atomic mass is 9.43. The highest BCUT2D eigenvalue weighted by atomic mass is 16.2. The molecule has 2 nitrogen and oxygen atoms in total. The van der Waals surface area contributed by atoms with Crippen LogP contribution in [0.5, 0.6) is 0 Å². The minimum absolute atomic E-state index is 0.0896. The highest BCUT2D eigenvalue weighted by Crippen LogP contribution is 2.33. The van der Waals surface area contributed by atoms with Gasteiger partial charge < -0.3 is 5.02 Å². The Kier molecular flexibility index (Phi) is 8.67. The molecule has 0 aromatic heterocycles. The molecule has 17 heavy (non-hydrogen) atoms. The van der Waals surface area contributed by atoms with Crippen molar-refractivity contribution in [3.05, 3.63) is 0 Å². The Bertz CT molecular complexity index is 219. The molecule has 0 aliphatic rings. The van der Waals surface area contributed by atoms with Crippen LogP contribution in [0, 0.1) is 5.41 Å². The molecule has 0 rings (SSSR count). The SMILES string of the molecule is [B]B(O)CC(=O)C(C)(CCCC)CCCCC. The summed E-state index contributed by atoms with van der Waals surface area (Å²) < 4.78 is 0. The van der Waals surface area contributed by atoms with Crippen LogP contribution >= 0.6 is 0 Å². The van der Waals surface area contributed by atoms with Crippen LogP contribution in [-0.4, -0.2) is 25.4 Å². The van der Waals surface area contributed by atoms with Crippen molar-refractivity contribution in [2.75, 3.05) is 0 Å². The van der Waals surface area contributed by atoms with E-state index in [2.05, 4.69) is 13.8 Å². The molecule has 0 fully saturated rings.